The lowest BCUT2D eigenvalue weighted by atomic mass is 9.96. The molecule has 18 heavy (non-hydrogen) atoms. The number of aliphatic carboxylic acids is 1. The Kier molecular flexibility index (Phi) is 3.11. The third-order valence-electron chi connectivity index (χ3n) is 3.69. The van der Waals surface area contributed by atoms with Gasteiger partial charge < -0.3 is 10.1 Å². The number of imidazole rings is 1. The van der Waals surface area contributed by atoms with Crippen molar-refractivity contribution in [3.05, 3.63) is 29.1 Å². The molecule has 0 bridgehead atoms. The molecule has 4 nitrogen and oxygen atoms in total. The number of rotatable bonds is 3. The van der Waals surface area contributed by atoms with E-state index in [1.807, 2.05) is 19.9 Å². The van der Waals surface area contributed by atoms with E-state index in [1.165, 1.54) is 11.1 Å². The van der Waals surface area contributed by atoms with E-state index in [4.69, 9.17) is 5.11 Å². The van der Waals surface area contributed by atoms with Crippen molar-refractivity contribution in [2.75, 3.05) is 0 Å². The fourth-order valence-electron chi connectivity index (χ4n) is 1.96. The summed E-state index contributed by atoms with van der Waals surface area (Å²) < 4.78 is 0. The number of carbonyl (C=O) groups is 1. The van der Waals surface area contributed by atoms with Crippen LogP contribution in [0.15, 0.2) is 12.1 Å². The molecule has 0 aliphatic carbocycles. The molecule has 96 valence electrons. The van der Waals surface area contributed by atoms with Crippen LogP contribution in [0.25, 0.3) is 11.0 Å². The summed E-state index contributed by atoms with van der Waals surface area (Å²) in [4.78, 5) is 18.7. The number of carboxylic acid groups (broad SMARTS) is 1. The van der Waals surface area contributed by atoms with Crippen molar-refractivity contribution < 1.29 is 9.90 Å². The number of benzene rings is 1. The Morgan fingerprint density at radius 2 is 1.89 bits per heavy atom. The minimum absolute atomic E-state index is 0.129. The number of hydrogen-bond donors (Lipinski definition) is 2. The second kappa shape index (κ2) is 4.44. The molecule has 0 amide bonds. The summed E-state index contributed by atoms with van der Waals surface area (Å²) in [7, 11) is 0. The third-order valence-corrected chi connectivity index (χ3v) is 3.69. The van der Waals surface area contributed by atoms with E-state index in [-0.39, 0.29) is 5.92 Å². The molecule has 1 aromatic carbocycles. The largest absolute Gasteiger partial charge is 0.481 e. The molecule has 1 aromatic heterocycles. The lowest BCUT2D eigenvalue weighted by Crippen LogP contribution is -2.17. The highest BCUT2D eigenvalue weighted by molar-refractivity contribution is 5.77. The van der Waals surface area contributed by atoms with Crippen molar-refractivity contribution in [3.8, 4) is 0 Å². The molecular weight excluding hydrogens is 228 g/mol. The molecule has 2 rings (SSSR count). The van der Waals surface area contributed by atoms with Crippen LogP contribution in [0.3, 0.4) is 0 Å². The number of carboxylic acids is 1. The summed E-state index contributed by atoms with van der Waals surface area (Å²) in [5, 5.41) is 9.04. The molecule has 0 aliphatic heterocycles. The number of nitrogens with one attached hydrogen (secondary N) is 1. The molecule has 0 fully saturated rings. The second-order valence-electron chi connectivity index (χ2n) is 4.99. The highest BCUT2D eigenvalue weighted by Gasteiger charge is 2.23. The fraction of sp³-hybridized carbons (Fsp3) is 0.429. The lowest BCUT2D eigenvalue weighted by Gasteiger charge is -2.12. The molecule has 2 unspecified atom stereocenters. The maximum absolute atomic E-state index is 11.0. The molecule has 0 saturated carbocycles. The molecule has 2 aromatic rings. The van der Waals surface area contributed by atoms with Crippen molar-refractivity contribution in [3.63, 3.8) is 0 Å². The zero-order valence-electron chi connectivity index (χ0n) is 11.1. The Bertz CT molecular complexity index is 562. The van der Waals surface area contributed by atoms with Crippen LogP contribution in [0, 0.1) is 19.8 Å². The Hall–Kier alpha value is -1.84. The Morgan fingerprint density at radius 1 is 1.28 bits per heavy atom. The Balaban J connectivity index is 2.44. The zero-order chi connectivity index (χ0) is 13.4. The van der Waals surface area contributed by atoms with Crippen molar-refractivity contribution >= 4 is 17.0 Å². The maximum atomic E-state index is 11.0. The highest BCUT2D eigenvalue weighted by atomic mass is 16.4. The molecule has 0 spiro atoms. The van der Waals surface area contributed by atoms with Crippen molar-refractivity contribution in [1.29, 1.82) is 0 Å². The summed E-state index contributed by atoms with van der Waals surface area (Å²) in [6, 6.07) is 4.09. The number of nitrogens with zero attached hydrogens (tertiary/aromatic N) is 1. The first-order valence-electron chi connectivity index (χ1n) is 6.10. The molecule has 4 heteroatoms. The first kappa shape index (κ1) is 12.6. The molecule has 1 heterocycles. The molecule has 0 saturated heterocycles. The minimum Gasteiger partial charge on any atom is -0.481 e. The quantitative estimate of drug-likeness (QED) is 0.874. The smallest absolute Gasteiger partial charge is 0.306 e. The van der Waals surface area contributed by atoms with Gasteiger partial charge in [0.15, 0.2) is 0 Å². The maximum Gasteiger partial charge on any atom is 0.306 e. The van der Waals surface area contributed by atoms with E-state index in [1.54, 1.807) is 6.92 Å². The summed E-state index contributed by atoms with van der Waals surface area (Å²) in [5.41, 5.74) is 4.27. The standard InChI is InChI=1S/C14H18N2O2/c1-7-5-11-12(6-8(7)2)16-13(15-11)9(3)10(4)14(17)18/h5-6,9-10H,1-4H3,(H,15,16)(H,17,18). The van der Waals surface area contributed by atoms with Gasteiger partial charge in [-0.15, -0.1) is 0 Å². The van der Waals surface area contributed by atoms with Gasteiger partial charge in [-0.2, -0.15) is 0 Å². The van der Waals surface area contributed by atoms with Crippen LogP contribution >= 0.6 is 0 Å². The van der Waals surface area contributed by atoms with Crippen LogP contribution in [0.4, 0.5) is 0 Å². The molecular formula is C14H18N2O2. The van der Waals surface area contributed by atoms with Gasteiger partial charge in [0.2, 0.25) is 0 Å². The summed E-state index contributed by atoms with van der Waals surface area (Å²) in [6.45, 7) is 7.69. The van der Waals surface area contributed by atoms with Gasteiger partial charge in [0.05, 0.1) is 17.0 Å². The van der Waals surface area contributed by atoms with E-state index in [0.717, 1.165) is 16.9 Å². The normalized spacial score (nSPS) is 14.7. The van der Waals surface area contributed by atoms with Gasteiger partial charge in [-0.25, -0.2) is 4.98 Å². The minimum atomic E-state index is -0.796. The average Bonchev–Trinajstić information content (AvgIpc) is 2.70. The van der Waals surface area contributed by atoms with Crippen LogP contribution < -0.4 is 0 Å². The summed E-state index contributed by atoms with van der Waals surface area (Å²) >= 11 is 0. The monoisotopic (exact) mass is 246 g/mol. The van der Waals surface area contributed by atoms with Gasteiger partial charge >= 0.3 is 5.97 Å². The second-order valence-corrected chi connectivity index (χ2v) is 4.99. The molecule has 2 N–H and O–H groups in total. The van der Waals surface area contributed by atoms with E-state index >= 15 is 0 Å². The van der Waals surface area contributed by atoms with E-state index in [0.29, 0.717) is 0 Å². The number of aryl methyl sites for hydroxylation is 2. The number of aromatic nitrogens is 2. The SMILES string of the molecule is Cc1cc2nc(C(C)C(C)C(=O)O)[nH]c2cc1C. The Morgan fingerprint density at radius 3 is 2.50 bits per heavy atom. The number of fused-ring (bicyclic) bond motifs is 1. The molecule has 0 radical (unpaired) electrons. The number of hydrogen-bond acceptors (Lipinski definition) is 2. The highest BCUT2D eigenvalue weighted by Crippen LogP contribution is 2.25. The van der Waals surface area contributed by atoms with Crippen LogP contribution in [0.2, 0.25) is 0 Å². The van der Waals surface area contributed by atoms with Gasteiger partial charge in [-0.3, -0.25) is 4.79 Å². The van der Waals surface area contributed by atoms with Gasteiger partial charge in [-0.05, 0) is 37.1 Å². The van der Waals surface area contributed by atoms with Crippen molar-refractivity contribution in [2.24, 2.45) is 5.92 Å². The number of aromatic amines is 1. The van der Waals surface area contributed by atoms with E-state index in [2.05, 4.69) is 23.0 Å². The fourth-order valence-corrected chi connectivity index (χ4v) is 1.96. The predicted octanol–water partition coefficient (Wildman–Crippen LogP) is 3.00. The van der Waals surface area contributed by atoms with Crippen LogP contribution in [-0.2, 0) is 4.79 Å². The Labute approximate surface area is 106 Å². The van der Waals surface area contributed by atoms with Gasteiger partial charge in [0.1, 0.15) is 5.82 Å². The zero-order valence-corrected chi connectivity index (χ0v) is 11.1. The van der Waals surface area contributed by atoms with Gasteiger partial charge in [-0.1, -0.05) is 13.8 Å². The molecule has 2 atom stereocenters. The van der Waals surface area contributed by atoms with E-state index in [9.17, 15) is 4.79 Å². The molecule has 0 aliphatic rings. The van der Waals surface area contributed by atoms with Crippen LogP contribution in [0.5, 0.6) is 0 Å². The number of H-pyrrole nitrogens is 1. The van der Waals surface area contributed by atoms with Crippen LogP contribution in [-0.4, -0.2) is 21.0 Å². The van der Waals surface area contributed by atoms with Crippen molar-refractivity contribution in [2.45, 2.75) is 33.6 Å². The topological polar surface area (TPSA) is 66.0 Å². The van der Waals surface area contributed by atoms with Crippen molar-refractivity contribution in [1.82, 2.24) is 9.97 Å². The summed E-state index contributed by atoms with van der Waals surface area (Å²) in [5.74, 6) is -0.636. The first-order chi connectivity index (χ1) is 8.40. The van der Waals surface area contributed by atoms with Gasteiger partial charge in [0, 0.05) is 5.92 Å². The first-order valence-corrected chi connectivity index (χ1v) is 6.10. The predicted molar refractivity (Wildman–Crippen MR) is 70.8 cm³/mol. The average molecular weight is 246 g/mol. The lowest BCUT2D eigenvalue weighted by molar-refractivity contribution is -0.141. The van der Waals surface area contributed by atoms with Gasteiger partial charge in [0.25, 0.3) is 0 Å². The summed E-state index contributed by atoms with van der Waals surface area (Å²) in [6.07, 6.45) is 0. The third kappa shape index (κ3) is 2.10. The van der Waals surface area contributed by atoms with Crippen LogP contribution in [0.1, 0.15) is 36.7 Å². The van der Waals surface area contributed by atoms with E-state index < -0.39 is 11.9 Å².